The molecule has 2 aromatic carbocycles. The average Bonchev–Trinajstić information content (AvgIpc) is 3.21. The monoisotopic (exact) mass is 416 g/mol. The standard InChI is InChI=1S/C24H24N4O3/c29-22-18-9-3-5-11-20(18)26-24(31)28(22)21(23(30)27-12-6-1-7-13-27)14-16-15-25-19-10-4-2-8-17(16)19/h2-5,8-11,15,21,25H,1,6-7,12-14H2,(H,26,31)/t21-/m0/s1. The van der Waals surface area contributed by atoms with Crippen molar-refractivity contribution in [3.63, 3.8) is 0 Å². The molecule has 1 saturated heterocycles. The third-order valence-corrected chi connectivity index (χ3v) is 6.19. The molecule has 2 aromatic heterocycles. The lowest BCUT2D eigenvalue weighted by atomic mass is 10.0. The number of benzene rings is 2. The first-order chi connectivity index (χ1) is 15.1. The van der Waals surface area contributed by atoms with Gasteiger partial charge in [0, 0.05) is 36.6 Å². The van der Waals surface area contributed by atoms with Crippen molar-refractivity contribution >= 4 is 27.7 Å². The zero-order chi connectivity index (χ0) is 21.4. The molecule has 31 heavy (non-hydrogen) atoms. The van der Waals surface area contributed by atoms with Gasteiger partial charge in [-0.1, -0.05) is 30.3 Å². The Hall–Kier alpha value is -3.61. The largest absolute Gasteiger partial charge is 0.361 e. The van der Waals surface area contributed by atoms with Crippen LogP contribution in [0.4, 0.5) is 0 Å². The lowest BCUT2D eigenvalue weighted by Crippen LogP contribution is -2.48. The van der Waals surface area contributed by atoms with Crippen LogP contribution in [0.1, 0.15) is 30.9 Å². The van der Waals surface area contributed by atoms with Crippen LogP contribution in [0, 0.1) is 0 Å². The van der Waals surface area contributed by atoms with Crippen LogP contribution < -0.4 is 11.2 Å². The van der Waals surface area contributed by atoms with E-state index < -0.39 is 17.3 Å². The molecule has 0 spiro atoms. The predicted octanol–water partition coefficient (Wildman–Crippen LogP) is 2.97. The highest BCUT2D eigenvalue weighted by Crippen LogP contribution is 2.24. The van der Waals surface area contributed by atoms with Crippen LogP contribution in [0.3, 0.4) is 0 Å². The van der Waals surface area contributed by atoms with Gasteiger partial charge in [0.1, 0.15) is 6.04 Å². The summed E-state index contributed by atoms with van der Waals surface area (Å²) in [7, 11) is 0. The van der Waals surface area contributed by atoms with Crippen LogP contribution in [0.25, 0.3) is 21.8 Å². The van der Waals surface area contributed by atoms with Crippen molar-refractivity contribution in [1.82, 2.24) is 19.4 Å². The van der Waals surface area contributed by atoms with Gasteiger partial charge in [-0.25, -0.2) is 9.36 Å². The Morgan fingerprint density at radius 3 is 2.35 bits per heavy atom. The highest BCUT2D eigenvalue weighted by molar-refractivity contribution is 5.86. The molecular formula is C24H24N4O3. The number of H-pyrrole nitrogens is 2. The Balaban J connectivity index is 1.65. The van der Waals surface area contributed by atoms with Gasteiger partial charge in [-0.2, -0.15) is 0 Å². The van der Waals surface area contributed by atoms with Gasteiger partial charge in [0.05, 0.1) is 10.9 Å². The molecule has 1 amide bonds. The number of rotatable bonds is 4. The van der Waals surface area contributed by atoms with E-state index in [0.29, 0.717) is 24.0 Å². The van der Waals surface area contributed by atoms with Gasteiger partial charge >= 0.3 is 5.69 Å². The SMILES string of the molecule is O=C([C@H](Cc1c[nH]c2ccccc12)n1c(=O)[nH]c2ccccc2c1=O)N1CCCCC1. The summed E-state index contributed by atoms with van der Waals surface area (Å²) in [5, 5.41) is 1.39. The Kier molecular flexibility index (Phi) is 4.94. The van der Waals surface area contributed by atoms with Crippen LogP contribution >= 0.6 is 0 Å². The molecule has 1 fully saturated rings. The van der Waals surface area contributed by atoms with E-state index >= 15 is 0 Å². The van der Waals surface area contributed by atoms with Crippen LogP contribution in [0.15, 0.2) is 64.3 Å². The van der Waals surface area contributed by atoms with Gasteiger partial charge < -0.3 is 14.9 Å². The first kappa shape index (κ1) is 19.4. The van der Waals surface area contributed by atoms with Crippen LogP contribution in [0.5, 0.6) is 0 Å². The molecule has 1 aliphatic rings. The summed E-state index contributed by atoms with van der Waals surface area (Å²) < 4.78 is 1.11. The number of hydrogen-bond acceptors (Lipinski definition) is 3. The number of likely N-dealkylation sites (tertiary alicyclic amines) is 1. The lowest BCUT2D eigenvalue weighted by molar-refractivity contribution is -0.135. The number of carbonyl (C=O) groups is 1. The summed E-state index contributed by atoms with van der Waals surface area (Å²) in [6.45, 7) is 1.31. The second kappa shape index (κ2) is 7.91. The minimum Gasteiger partial charge on any atom is -0.361 e. The molecule has 1 aliphatic heterocycles. The zero-order valence-corrected chi connectivity index (χ0v) is 17.1. The van der Waals surface area contributed by atoms with E-state index in [9.17, 15) is 14.4 Å². The van der Waals surface area contributed by atoms with Crippen molar-refractivity contribution in [2.75, 3.05) is 13.1 Å². The summed E-state index contributed by atoms with van der Waals surface area (Å²) in [6, 6.07) is 13.8. The van der Waals surface area contributed by atoms with Gasteiger partial charge in [0.2, 0.25) is 5.91 Å². The molecule has 0 aliphatic carbocycles. The maximum atomic E-state index is 13.6. The van der Waals surface area contributed by atoms with E-state index in [4.69, 9.17) is 0 Å². The fourth-order valence-electron chi connectivity index (χ4n) is 4.58. The molecule has 1 atom stereocenters. The van der Waals surface area contributed by atoms with Crippen LogP contribution in [-0.4, -0.2) is 38.4 Å². The van der Waals surface area contributed by atoms with Crippen molar-refractivity contribution in [2.45, 2.75) is 31.7 Å². The summed E-state index contributed by atoms with van der Waals surface area (Å²) in [5.41, 5.74) is 1.35. The van der Waals surface area contributed by atoms with Crippen molar-refractivity contribution in [1.29, 1.82) is 0 Å². The first-order valence-corrected chi connectivity index (χ1v) is 10.7. The van der Waals surface area contributed by atoms with E-state index in [1.807, 2.05) is 30.5 Å². The van der Waals surface area contributed by atoms with Crippen molar-refractivity contribution in [3.8, 4) is 0 Å². The number of piperidine rings is 1. The Morgan fingerprint density at radius 2 is 1.58 bits per heavy atom. The fourth-order valence-corrected chi connectivity index (χ4v) is 4.58. The van der Waals surface area contributed by atoms with Gasteiger partial charge in [-0.3, -0.25) is 9.59 Å². The molecule has 2 N–H and O–H groups in total. The summed E-state index contributed by atoms with van der Waals surface area (Å²) >= 11 is 0. The lowest BCUT2D eigenvalue weighted by Gasteiger charge is -2.31. The summed E-state index contributed by atoms with van der Waals surface area (Å²) in [4.78, 5) is 47.7. The third-order valence-electron chi connectivity index (χ3n) is 6.19. The molecule has 7 heteroatoms. The second-order valence-electron chi connectivity index (χ2n) is 8.12. The van der Waals surface area contributed by atoms with Gasteiger partial charge in [-0.15, -0.1) is 0 Å². The highest BCUT2D eigenvalue weighted by Gasteiger charge is 2.30. The Bertz CT molecular complexity index is 1370. The van der Waals surface area contributed by atoms with Gasteiger partial charge in [0.15, 0.2) is 0 Å². The molecule has 7 nitrogen and oxygen atoms in total. The molecule has 158 valence electrons. The van der Waals surface area contributed by atoms with Crippen LogP contribution in [-0.2, 0) is 11.2 Å². The van der Waals surface area contributed by atoms with Crippen molar-refractivity contribution in [2.24, 2.45) is 0 Å². The summed E-state index contributed by atoms with van der Waals surface area (Å²) in [6.07, 6.45) is 5.10. The molecule has 0 radical (unpaired) electrons. The van der Waals surface area contributed by atoms with Crippen molar-refractivity contribution < 1.29 is 4.79 Å². The smallest absolute Gasteiger partial charge is 0.329 e. The van der Waals surface area contributed by atoms with Crippen LogP contribution in [0.2, 0.25) is 0 Å². The highest BCUT2D eigenvalue weighted by atomic mass is 16.2. The number of para-hydroxylation sites is 2. The predicted molar refractivity (Wildman–Crippen MR) is 120 cm³/mol. The number of aromatic nitrogens is 3. The number of nitrogens with zero attached hydrogens (tertiary/aromatic N) is 2. The minimum absolute atomic E-state index is 0.173. The number of aromatic amines is 2. The maximum Gasteiger partial charge on any atom is 0.329 e. The molecular weight excluding hydrogens is 392 g/mol. The molecule has 0 saturated carbocycles. The van der Waals surface area contributed by atoms with Crippen molar-refractivity contribution in [3.05, 3.63) is 81.1 Å². The first-order valence-electron chi connectivity index (χ1n) is 10.7. The normalized spacial score (nSPS) is 15.4. The van der Waals surface area contributed by atoms with E-state index in [-0.39, 0.29) is 12.3 Å². The van der Waals surface area contributed by atoms with E-state index in [1.54, 1.807) is 29.2 Å². The molecule has 0 bridgehead atoms. The maximum absolute atomic E-state index is 13.6. The quantitative estimate of drug-likeness (QED) is 0.536. The molecule has 0 unspecified atom stereocenters. The Labute approximate surface area is 178 Å². The number of nitrogens with one attached hydrogen (secondary N) is 2. The zero-order valence-electron chi connectivity index (χ0n) is 17.1. The molecule has 5 rings (SSSR count). The number of carbonyl (C=O) groups excluding carboxylic acids is 1. The minimum atomic E-state index is -0.904. The third kappa shape index (κ3) is 3.46. The molecule has 4 aromatic rings. The second-order valence-corrected chi connectivity index (χ2v) is 8.12. The average molecular weight is 416 g/mol. The van der Waals surface area contributed by atoms with E-state index in [0.717, 1.165) is 40.3 Å². The topological polar surface area (TPSA) is 91.0 Å². The number of fused-ring (bicyclic) bond motifs is 2. The number of amides is 1. The van der Waals surface area contributed by atoms with Gasteiger partial charge in [0.25, 0.3) is 5.56 Å². The fraction of sp³-hybridized carbons (Fsp3) is 0.292. The number of hydrogen-bond donors (Lipinski definition) is 2. The summed E-state index contributed by atoms with van der Waals surface area (Å²) in [5.74, 6) is -0.173. The Morgan fingerprint density at radius 1 is 0.903 bits per heavy atom. The van der Waals surface area contributed by atoms with E-state index in [2.05, 4.69) is 9.97 Å². The molecule has 3 heterocycles. The van der Waals surface area contributed by atoms with Gasteiger partial charge in [-0.05, 0) is 43.0 Å². The van der Waals surface area contributed by atoms with E-state index in [1.165, 1.54) is 0 Å².